The molecule has 0 atom stereocenters. The molecule has 0 saturated heterocycles. The number of aromatic nitrogens is 3. The van der Waals surface area contributed by atoms with Crippen molar-refractivity contribution < 1.29 is 13.6 Å². The summed E-state index contributed by atoms with van der Waals surface area (Å²) in [6.07, 6.45) is 2.76. The van der Waals surface area contributed by atoms with Crippen LogP contribution in [-0.4, -0.2) is 27.6 Å². The number of carbonyl (C=O) groups excluding carboxylic acids is 1. The summed E-state index contributed by atoms with van der Waals surface area (Å²) in [5.74, 6) is -1.96. The van der Waals surface area contributed by atoms with Gasteiger partial charge in [-0.1, -0.05) is 24.3 Å². The summed E-state index contributed by atoms with van der Waals surface area (Å²) in [5.41, 5.74) is 1.71. The number of para-hydroxylation sites is 2. The number of hydrogen-bond donors (Lipinski definition) is 3. The molecule has 4 rings (SSSR count). The smallest absolute Gasteiger partial charge is 0.276 e. The summed E-state index contributed by atoms with van der Waals surface area (Å²) in [7, 11) is 0. The van der Waals surface area contributed by atoms with Gasteiger partial charge < -0.3 is 15.6 Å². The van der Waals surface area contributed by atoms with E-state index in [1.165, 1.54) is 23.1 Å². The largest absolute Gasteiger partial charge is 0.368 e. The monoisotopic (exact) mass is 393 g/mol. The van der Waals surface area contributed by atoms with Crippen LogP contribution in [0.3, 0.4) is 0 Å². The van der Waals surface area contributed by atoms with Crippen LogP contribution < -0.4 is 10.6 Å². The molecule has 0 radical (unpaired) electrons. The molecule has 1 amide bonds. The van der Waals surface area contributed by atoms with Gasteiger partial charge in [0, 0.05) is 23.6 Å². The lowest BCUT2D eigenvalue weighted by molar-refractivity contribution is 0.102. The first-order valence-corrected chi connectivity index (χ1v) is 9.00. The molecule has 0 aliphatic rings. The number of H-pyrrole nitrogens is 1. The molecule has 4 aromatic rings. The summed E-state index contributed by atoms with van der Waals surface area (Å²) >= 11 is 0. The Balaban J connectivity index is 1.36. The van der Waals surface area contributed by atoms with E-state index >= 15 is 0 Å². The minimum Gasteiger partial charge on any atom is -0.368 e. The Morgan fingerprint density at radius 3 is 2.52 bits per heavy atom. The number of fused-ring (bicyclic) bond motifs is 1. The van der Waals surface area contributed by atoms with E-state index in [2.05, 4.69) is 31.9 Å². The predicted molar refractivity (Wildman–Crippen MR) is 107 cm³/mol. The zero-order valence-corrected chi connectivity index (χ0v) is 15.2. The molecule has 0 aliphatic carbocycles. The Labute approximate surface area is 165 Å². The predicted octanol–water partition coefficient (Wildman–Crippen LogP) is 4.14. The minimum absolute atomic E-state index is 0.0465. The molecule has 8 heteroatoms. The molecule has 2 aromatic heterocycles. The Morgan fingerprint density at radius 1 is 0.966 bits per heavy atom. The van der Waals surface area contributed by atoms with Crippen LogP contribution in [0.1, 0.15) is 16.1 Å². The van der Waals surface area contributed by atoms with Gasteiger partial charge in [-0.05, 0) is 42.3 Å². The Kier molecular flexibility index (Phi) is 5.15. The SMILES string of the molecule is O=C(Nc1c(F)cccc1F)c1ccc(NCCc2c[nH]c3ccccc23)nn1. The van der Waals surface area contributed by atoms with Crippen LogP contribution in [0.15, 0.2) is 60.8 Å². The highest BCUT2D eigenvalue weighted by molar-refractivity contribution is 6.02. The lowest BCUT2D eigenvalue weighted by Gasteiger charge is -2.08. The molecule has 3 N–H and O–H groups in total. The van der Waals surface area contributed by atoms with E-state index in [0.29, 0.717) is 12.4 Å². The summed E-state index contributed by atoms with van der Waals surface area (Å²) < 4.78 is 27.3. The summed E-state index contributed by atoms with van der Waals surface area (Å²) in [4.78, 5) is 15.4. The van der Waals surface area contributed by atoms with Crippen LogP contribution in [0.4, 0.5) is 20.3 Å². The van der Waals surface area contributed by atoms with Crippen molar-refractivity contribution in [2.24, 2.45) is 0 Å². The number of amides is 1. The third kappa shape index (κ3) is 4.06. The average molecular weight is 393 g/mol. The van der Waals surface area contributed by atoms with Crippen LogP contribution in [0.5, 0.6) is 0 Å². The van der Waals surface area contributed by atoms with Crippen LogP contribution in [0.25, 0.3) is 10.9 Å². The molecule has 2 heterocycles. The standard InChI is InChI=1S/C21H17F2N5O/c22-15-5-3-6-16(23)20(15)26-21(29)18-8-9-19(28-27-18)24-11-10-13-12-25-17-7-2-1-4-14(13)17/h1-9,12,25H,10-11H2,(H,24,28)(H,26,29). The van der Waals surface area contributed by atoms with E-state index in [9.17, 15) is 13.6 Å². The molecule has 29 heavy (non-hydrogen) atoms. The summed E-state index contributed by atoms with van der Waals surface area (Å²) in [6, 6.07) is 14.4. The molecule has 0 spiro atoms. The number of carbonyl (C=O) groups is 1. The molecule has 0 aliphatic heterocycles. The zero-order valence-electron chi connectivity index (χ0n) is 15.2. The van der Waals surface area contributed by atoms with Crippen molar-refractivity contribution in [1.82, 2.24) is 15.2 Å². The molecule has 2 aromatic carbocycles. The molecular weight excluding hydrogens is 376 g/mol. The molecule has 0 unspecified atom stereocenters. The Morgan fingerprint density at radius 2 is 1.76 bits per heavy atom. The van der Waals surface area contributed by atoms with Gasteiger partial charge >= 0.3 is 0 Å². The molecule has 0 bridgehead atoms. The Bertz CT molecular complexity index is 1140. The van der Waals surface area contributed by atoms with Crippen molar-refractivity contribution in [3.05, 3.63) is 83.7 Å². The normalized spacial score (nSPS) is 10.8. The van der Waals surface area contributed by atoms with E-state index in [0.717, 1.165) is 24.1 Å². The lowest BCUT2D eigenvalue weighted by Crippen LogP contribution is -2.17. The minimum atomic E-state index is -0.859. The van der Waals surface area contributed by atoms with Gasteiger partial charge in [0.15, 0.2) is 5.69 Å². The van der Waals surface area contributed by atoms with Crippen LogP contribution in [-0.2, 0) is 6.42 Å². The van der Waals surface area contributed by atoms with E-state index in [-0.39, 0.29) is 5.69 Å². The van der Waals surface area contributed by atoms with Crippen molar-refractivity contribution >= 4 is 28.3 Å². The van der Waals surface area contributed by atoms with Crippen LogP contribution in [0, 0.1) is 11.6 Å². The van der Waals surface area contributed by atoms with Crippen molar-refractivity contribution in [2.75, 3.05) is 17.2 Å². The van der Waals surface area contributed by atoms with Crippen LogP contribution >= 0.6 is 0 Å². The maximum Gasteiger partial charge on any atom is 0.276 e. The summed E-state index contributed by atoms with van der Waals surface area (Å²) in [5, 5.41) is 14.3. The Hall–Kier alpha value is -3.81. The number of anilines is 2. The molecular formula is C21H17F2N5O. The van der Waals surface area contributed by atoms with Crippen molar-refractivity contribution in [1.29, 1.82) is 0 Å². The number of nitrogens with zero attached hydrogens (tertiary/aromatic N) is 2. The number of aromatic amines is 1. The lowest BCUT2D eigenvalue weighted by atomic mass is 10.1. The van der Waals surface area contributed by atoms with Crippen LogP contribution in [0.2, 0.25) is 0 Å². The zero-order chi connectivity index (χ0) is 20.2. The summed E-state index contributed by atoms with van der Waals surface area (Å²) in [6.45, 7) is 0.627. The van der Waals surface area contributed by atoms with Crippen molar-refractivity contribution in [2.45, 2.75) is 6.42 Å². The second-order valence-electron chi connectivity index (χ2n) is 6.39. The van der Waals surface area contributed by atoms with Crippen molar-refractivity contribution in [3.63, 3.8) is 0 Å². The number of rotatable bonds is 6. The van der Waals surface area contributed by atoms with Gasteiger partial charge in [0.1, 0.15) is 23.1 Å². The van der Waals surface area contributed by atoms with Crippen molar-refractivity contribution in [3.8, 4) is 0 Å². The maximum absolute atomic E-state index is 13.6. The highest BCUT2D eigenvalue weighted by Crippen LogP contribution is 2.19. The van der Waals surface area contributed by atoms with Gasteiger partial charge in [-0.2, -0.15) is 0 Å². The average Bonchev–Trinajstić information content (AvgIpc) is 3.14. The topological polar surface area (TPSA) is 82.7 Å². The fraction of sp³-hybridized carbons (Fsp3) is 0.0952. The second-order valence-corrected chi connectivity index (χ2v) is 6.39. The van der Waals surface area contributed by atoms with Gasteiger partial charge in [0.25, 0.3) is 5.91 Å². The van der Waals surface area contributed by atoms with Gasteiger partial charge in [0.2, 0.25) is 0 Å². The quantitative estimate of drug-likeness (QED) is 0.460. The van der Waals surface area contributed by atoms with E-state index in [4.69, 9.17) is 0 Å². The molecule has 146 valence electrons. The van der Waals surface area contributed by atoms with Gasteiger partial charge in [0.05, 0.1) is 0 Å². The fourth-order valence-electron chi connectivity index (χ4n) is 3.01. The maximum atomic E-state index is 13.6. The second kappa shape index (κ2) is 8.05. The highest BCUT2D eigenvalue weighted by Gasteiger charge is 2.14. The highest BCUT2D eigenvalue weighted by atomic mass is 19.1. The van der Waals surface area contributed by atoms with Gasteiger partial charge in [-0.3, -0.25) is 4.79 Å². The fourth-order valence-corrected chi connectivity index (χ4v) is 3.01. The number of benzene rings is 2. The first kappa shape index (κ1) is 18.5. The number of halogens is 2. The first-order chi connectivity index (χ1) is 14.1. The van der Waals surface area contributed by atoms with E-state index in [1.807, 2.05) is 24.4 Å². The molecule has 0 fully saturated rings. The van der Waals surface area contributed by atoms with E-state index in [1.54, 1.807) is 6.07 Å². The van der Waals surface area contributed by atoms with E-state index < -0.39 is 23.2 Å². The first-order valence-electron chi connectivity index (χ1n) is 9.00. The third-order valence-electron chi connectivity index (χ3n) is 4.47. The number of hydrogen-bond acceptors (Lipinski definition) is 4. The third-order valence-corrected chi connectivity index (χ3v) is 4.47. The van der Waals surface area contributed by atoms with Gasteiger partial charge in [-0.25, -0.2) is 8.78 Å². The molecule has 6 nitrogen and oxygen atoms in total. The van der Waals surface area contributed by atoms with Gasteiger partial charge in [-0.15, -0.1) is 10.2 Å². The molecule has 0 saturated carbocycles. The number of nitrogens with one attached hydrogen (secondary N) is 3.